The van der Waals surface area contributed by atoms with Gasteiger partial charge in [-0.3, -0.25) is 10.1 Å². The molecular weight excluding hydrogens is 246 g/mol. The molecule has 0 aliphatic heterocycles. The van der Waals surface area contributed by atoms with Crippen LogP contribution in [0.4, 0.5) is 5.69 Å². The molecule has 0 radical (unpaired) electrons. The van der Waals surface area contributed by atoms with Gasteiger partial charge in [0.05, 0.1) is 23.4 Å². The van der Waals surface area contributed by atoms with Crippen molar-refractivity contribution in [1.82, 2.24) is 20.3 Å². The minimum Gasteiger partial charge on any atom is -0.314 e. The Morgan fingerprint density at radius 3 is 2.95 bits per heavy atom. The molecule has 0 fully saturated rings. The summed E-state index contributed by atoms with van der Waals surface area (Å²) in [6.07, 6.45) is 1.83. The van der Waals surface area contributed by atoms with Crippen LogP contribution in [0.5, 0.6) is 0 Å². The van der Waals surface area contributed by atoms with Crippen LogP contribution in [-0.4, -0.2) is 27.0 Å². The fourth-order valence-corrected chi connectivity index (χ4v) is 1.89. The van der Waals surface area contributed by atoms with E-state index < -0.39 is 0 Å². The van der Waals surface area contributed by atoms with E-state index in [9.17, 15) is 10.1 Å². The molecule has 0 saturated carbocycles. The Kier molecular flexibility index (Phi) is 3.86. The van der Waals surface area contributed by atoms with E-state index in [1.165, 1.54) is 6.07 Å². The van der Waals surface area contributed by atoms with Gasteiger partial charge in [0.25, 0.3) is 5.69 Å². The summed E-state index contributed by atoms with van der Waals surface area (Å²) in [7, 11) is 1.84. The molecule has 0 atom stereocenters. The zero-order valence-corrected chi connectivity index (χ0v) is 10.8. The van der Waals surface area contributed by atoms with Gasteiger partial charge in [0, 0.05) is 18.2 Å². The van der Waals surface area contributed by atoms with Crippen LogP contribution in [0.15, 0.2) is 24.4 Å². The molecule has 0 aliphatic rings. The summed E-state index contributed by atoms with van der Waals surface area (Å²) in [6.45, 7) is 2.87. The molecule has 1 N–H and O–H groups in total. The third-order valence-corrected chi connectivity index (χ3v) is 2.89. The van der Waals surface area contributed by atoms with Gasteiger partial charge in [0.1, 0.15) is 0 Å². The maximum atomic E-state index is 10.9. The van der Waals surface area contributed by atoms with Crippen LogP contribution >= 0.6 is 0 Å². The van der Waals surface area contributed by atoms with Crippen molar-refractivity contribution in [3.63, 3.8) is 0 Å². The van der Waals surface area contributed by atoms with Crippen LogP contribution in [0.1, 0.15) is 16.8 Å². The summed E-state index contributed by atoms with van der Waals surface area (Å²) in [5, 5.41) is 21.9. The van der Waals surface area contributed by atoms with Crippen molar-refractivity contribution < 1.29 is 4.92 Å². The van der Waals surface area contributed by atoms with E-state index in [1.54, 1.807) is 17.7 Å². The lowest BCUT2D eigenvalue weighted by Gasteiger charge is -2.05. The highest BCUT2D eigenvalue weighted by atomic mass is 16.6. The normalized spacial score (nSPS) is 10.6. The molecule has 7 heteroatoms. The molecule has 1 aromatic carbocycles. The number of hydrogen-bond acceptors (Lipinski definition) is 5. The monoisotopic (exact) mass is 261 g/mol. The Morgan fingerprint density at radius 1 is 1.47 bits per heavy atom. The van der Waals surface area contributed by atoms with E-state index in [0.29, 0.717) is 18.7 Å². The standard InChI is InChI=1S/C12H15N5O2/c1-9-10(4-3-5-12(9)17(18)19)7-16-8-11(6-13-2)14-15-16/h3-5,8,13H,6-7H2,1-2H3. The fraction of sp³-hybridized carbons (Fsp3) is 0.333. The molecule has 0 aliphatic carbocycles. The number of aromatic nitrogens is 3. The fourth-order valence-electron chi connectivity index (χ4n) is 1.89. The minimum absolute atomic E-state index is 0.132. The number of nitrogens with zero attached hydrogens (tertiary/aromatic N) is 4. The first-order valence-corrected chi connectivity index (χ1v) is 5.88. The first kappa shape index (κ1) is 13.2. The van der Waals surface area contributed by atoms with Crippen molar-refractivity contribution in [3.8, 4) is 0 Å². The summed E-state index contributed by atoms with van der Waals surface area (Å²) < 4.78 is 1.68. The number of benzene rings is 1. The van der Waals surface area contributed by atoms with Gasteiger partial charge >= 0.3 is 0 Å². The number of nitrogens with one attached hydrogen (secondary N) is 1. The average Bonchev–Trinajstić information content (AvgIpc) is 2.79. The molecule has 19 heavy (non-hydrogen) atoms. The van der Waals surface area contributed by atoms with Gasteiger partial charge in [-0.2, -0.15) is 0 Å². The minimum atomic E-state index is -0.368. The predicted molar refractivity (Wildman–Crippen MR) is 69.7 cm³/mol. The molecule has 1 aromatic heterocycles. The van der Waals surface area contributed by atoms with E-state index in [0.717, 1.165) is 11.3 Å². The Hall–Kier alpha value is -2.28. The van der Waals surface area contributed by atoms with Crippen molar-refractivity contribution in [2.24, 2.45) is 0 Å². The number of hydrogen-bond donors (Lipinski definition) is 1. The lowest BCUT2D eigenvalue weighted by molar-refractivity contribution is -0.385. The SMILES string of the molecule is CNCc1cn(Cc2cccc([N+](=O)[O-])c2C)nn1. The van der Waals surface area contributed by atoms with Crippen molar-refractivity contribution >= 4 is 5.69 Å². The van der Waals surface area contributed by atoms with E-state index in [2.05, 4.69) is 15.6 Å². The third kappa shape index (κ3) is 2.94. The van der Waals surface area contributed by atoms with Crippen LogP contribution in [-0.2, 0) is 13.1 Å². The van der Waals surface area contributed by atoms with Crippen molar-refractivity contribution in [2.75, 3.05) is 7.05 Å². The predicted octanol–water partition coefficient (Wildman–Crippen LogP) is 1.26. The Bertz CT molecular complexity index is 594. The lowest BCUT2D eigenvalue weighted by Crippen LogP contribution is -2.05. The van der Waals surface area contributed by atoms with Crippen molar-refractivity contribution in [1.29, 1.82) is 0 Å². The van der Waals surface area contributed by atoms with E-state index in [1.807, 2.05) is 19.3 Å². The van der Waals surface area contributed by atoms with Crippen LogP contribution in [0.25, 0.3) is 0 Å². The Labute approximate surface area is 110 Å². The molecule has 7 nitrogen and oxygen atoms in total. The van der Waals surface area contributed by atoms with Gasteiger partial charge < -0.3 is 5.32 Å². The van der Waals surface area contributed by atoms with Gasteiger partial charge in [-0.1, -0.05) is 17.3 Å². The maximum Gasteiger partial charge on any atom is 0.272 e. The highest BCUT2D eigenvalue weighted by molar-refractivity contribution is 5.44. The molecule has 1 heterocycles. The smallest absolute Gasteiger partial charge is 0.272 e. The second-order valence-electron chi connectivity index (χ2n) is 4.26. The second kappa shape index (κ2) is 5.57. The lowest BCUT2D eigenvalue weighted by atomic mass is 10.1. The van der Waals surface area contributed by atoms with Crippen LogP contribution in [0.3, 0.4) is 0 Å². The third-order valence-electron chi connectivity index (χ3n) is 2.89. The summed E-state index contributed by atoms with van der Waals surface area (Å²) in [4.78, 5) is 10.5. The van der Waals surface area contributed by atoms with E-state index >= 15 is 0 Å². The zero-order chi connectivity index (χ0) is 13.8. The summed E-state index contributed by atoms with van der Waals surface area (Å²) in [5.41, 5.74) is 2.51. The molecule has 0 bridgehead atoms. The first-order chi connectivity index (χ1) is 9.11. The number of nitro benzene ring substituents is 1. The van der Waals surface area contributed by atoms with Gasteiger partial charge in [-0.05, 0) is 19.5 Å². The molecule has 0 unspecified atom stereocenters. The van der Waals surface area contributed by atoms with Crippen LogP contribution in [0.2, 0.25) is 0 Å². The average molecular weight is 261 g/mol. The number of nitro groups is 1. The van der Waals surface area contributed by atoms with E-state index in [-0.39, 0.29) is 10.6 Å². The molecule has 0 amide bonds. The zero-order valence-electron chi connectivity index (χ0n) is 10.8. The molecular formula is C12H15N5O2. The second-order valence-corrected chi connectivity index (χ2v) is 4.26. The van der Waals surface area contributed by atoms with Crippen molar-refractivity contribution in [3.05, 3.63) is 51.3 Å². The highest BCUT2D eigenvalue weighted by Gasteiger charge is 2.13. The topological polar surface area (TPSA) is 85.9 Å². The first-order valence-electron chi connectivity index (χ1n) is 5.88. The van der Waals surface area contributed by atoms with E-state index in [4.69, 9.17) is 0 Å². The molecule has 2 rings (SSSR count). The quantitative estimate of drug-likeness (QED) is 0.647. The molecule has 2 aromatic rings. The summed E-state index contributed by atoms with van der Waals surface area (Å²) >= 11 is 0. The van der Waals surface area contributed by atoms with Gasteiger partial charge in [0.2, 0.25) is 0 Å². The van der Waals surface area contributed by atoms with Crippen molar-refractivity contribution in [2.45, 2.75) is 20.0 Å². The Balaban J connectivity index is 2.23. The Morgan fingerprint density at radius 2 is 2.26 bits per heavy atom. The van der Waals surface area contributed by atoms with Gasteiger partial charge in [-0.15, -0.1) is 5.10 Å². The van der Waals surface area contributed by atoms with Gasteiger partial charge in [-0.25, -0.2) is 4.68 Å². The van der Waals surface area contributed by atoms with Gasteiger partial charge in [0.15, 0.2) is 0 Å². The van der Waals surface area contributed by atoms with Crippen LogP contribution in [0, 0.1) is 17.0 Å². The maximum absolute atomic E-state index is 10.9. The number of rotatable bonds is 5. The van der Waals surface area contributed by atoms with Crippen LogP contribution < -0.4 is 5.32 Å². The molecule has 100 valence electrons. The summed E-state index contributed by atoms with van der Waals surface area (Å²) in [6, 6.07) is 5.06. The largest absolute Gasteiger partial charge is 0.314 e. The highest BCUT2D eigenvalue weighted by Crippen LogP contribution is 2.21. The molecule has 0 spiro atoms. The molecule has 0 saturated heterocycles. The summed E-state index contributed by atoms with van der Waals surface area (Å²) in [5.74, 6) is 0.